The summed E-state index contributed by atoms with van der Waals surface area (Å²) in [7, 11) is 0. The number of alkyl halides is 2. The number of nitrogens with one attached hydrogen (secondary N) is 1. The lowest BCUT2D eigenvalue weighted by molar-refractivity contribution is -0.137. The summed E-state index contributed by atoms with van der Waals surface area (Å²) in [6.45, 7) is 4.20. The van der Waals surface area contributed by atoms with Crippen LogP contribution in [0.4, 0.5) is 23.2 Å². The largest absolute Gasteiger partial charge is 0.508 e. The number of likely N-dealkylation sites (tertiary alicyclic amines) is 1. The third-order valence-electron chi connectivity index (χ3n) is 13.0. The highest BCUT2D eigenvalue weighted by Gasteiger charge is 2.48. The maximum absolute atomic E-state index is 16.0. The van der Waals surface area contributed by atoms with Crippen molar-refractivity contribution in [1.82, 2.24) is 24.9 Å². The first kappa shape index (κ1) is 38.2. The van der Waals surface area contributed by atoms with Crippen molar-refractivity contribution in [2.45, 2.75) is 76.7 Å². The molecular formula is C42H42F4N6O6. The molecule has 3 saturated heterocycles. The van der Waals surface area contributed by atoms with Crippen molar-refractivity contribution in [3.8, 4) is 5.75 Å². The standard InChI is InChI=1S/C42H42F4N6O6/c1-22-10-23-11-27(53)2-3-28(23)38(51(22)18-34(45)46)37-31(43)14-26(15-32(37)44)50-20-42(21-50)6-8-49(9-7-42)36(55)19-48-16-24-12-29-30(13-25(24)17-48)41(58)52(40(29)57)33-4-5-35(54)47-39(33)56/h2-3,11-15,22,33-34,38,53H,4-10,16-21H2,1H3,(H,47,54,56)/t22-,33?,38+/m1/s1. The van der Waals surface area contributed by atoms with Crippen LogP contribution < -0.4 is 10.2 Å². The van der Waals surface area contributed by atoms with Crippen LogP contribution in [0.5, 0.6) is 5.75 Å². The monoisotopic (exact) mass is 802 g/mol. The van der Waals surface area contributed by atoms with Gasteiger partial charge >= 0.3 is 0 Å². The number of benzene rings is 3. The zero-order valence-electron chi connectivity index (χ0n) is 31.8. The van der Waals surface area contributed by atoms with Gasteiger partial charge in [-0.3, -0.25) is 44.0 Å². The molecule has 0 bridgehead atoms. The first-order valence-electron chi connectivity index (χ1n) is 19.7. The Morgan fingerprint density at radius 1 is 0.914 bits per heavy atom. The first-order valence-corrected chi connectivity index (χ1v) is 19.7. The van der Waals surface area contributed by atoms with Crippen molar-refractivity contribution in [1.29, 1.82) is 0 Å². The van der Waals surface area contributed by atoms with Gasteiger partial charge in [-0.05, 0) is 91.3 Å². The number of hydrogen-bond donors (Lipinski definition) is 2. The van der Waals surface area contributed by atoms with E-state index in [2.05, 4.69) is 5.32 Å². The normalized spacial score (nSPS) is 24.3. The quantitative estimate of drug-likeness (QED) is 0.268. The third-order valence-corrected chi connectivity index (χ3v) is 13.0. The fourth-order valence-electron chi connectivity index (χ4n) is 10.0. The highest BCUT2D eigenvalue weighted by Crippen LogP contribution is 2.46. The molecule has 3 atom stereocenters. The van der Waals surface area contributed by atoms with Crippen LogP contribution in [-0.2, 0) is 33.9 Å². The molecule has 0 saturated carbocycles. The molecule has 6 aliphatic heterocycles. The summed E-state index contributed by atoms with van der Waals surface area (Å²) in [5.74, 6) is -3.95. The summed E-state index contributed by atoms with van der Waals surface area (Å²) >= 11 is 0. The molecule has 12 nitrogen and oxygen atoms in total. The number of carbonyl (C=O) groups excluding carboxylic acids is 5. The van der Waals surface area contributed by atoms with E-state index in [4.69, 9.17) is 0 Å². The molecule has 3 aromatic carbocycles. The highest BCUT2D eigenvalue weighted by molar-refractivity contribution is 6.23. The van der Waals surface area contributed by atoms with Crippen LogP contribution in [0.25, 0.3) is 0 Å². The van der Waals surface area contributed by atoms with Crippen molar-refractivity contribution in [2.75, 3.05) is 44.2 Å². The predicted molar refractivity (Wildman–Crippen MR) is 200 cm³/mol. The second-order valence-corrected chi connectivity index (χ2v) is 16.7. The van der Waals surface area contributed by atoms with E-state index in [1.807, 2.05) is 14.7 Å². The minimum absolute atomic E-state index is 0.00579. The van der Waals surface area contributed by atoms with Gasteiger partial charge in [0.25, 0.3) is 18.2 Å². The third kappa shape index (κ3) is 6.49. The Bertz CT molecular complexity index is 2200. The van der Waals surface area contributed by atoms with Gasteiger partial charge in [0.1, 0.15) is 23.4 Å². The Labute approximate surface area is 331 Å². The maximum Gasteiger partial charge on any atom is 0.262 e. The van der Waals surface area contributed by atoms with Crippen molar-refractivity contribution in [3.63, 3.8) is 0 Å². The highest BCUT2D eigenvalue weighted by atomic mass is 19.3. The van der Waals surface area contributed by atoms with E-state index in [1.165, 1.54) is 29.2 Å². The van der Waals surface area contributed by atoms with Crippen molar-refractivity contribution in [2.24, 2.45) is 5.41 Å². The molecule has 0 aromatic heterocycles. The van der Waals surface area contributed by atoms with Gasteiger partial charge in [-0.25, -0.2) is 17.6 Å². The van der Waals surface area contributed by atoms with E-state index in [0.717, 1.165) is 16.0 Å². The number of hydrogen-bond acceptors (Lipinski definition) is 9. The molecule has 0 aliphatic carbocycles. The topological polar surface area (TPSA) is 134 Å². The molecule has 3 aromatic rings. The molecule has 5 amide bonds. The van der Waals surface area contributed by atoms with Crippen LogP contribution in [0.3, 0.4) is 0 Å². The van der Waals surface area contributed by atoms with Gasteiger partial charge in [-0.2, -0.15) is 0 Å². The molecule has 9 rings (SSSR count). The average molecular weight is 803 g/mol. The van der Waals surface area contributed by atoms with E-state index in [9.17, 15) is 37.9 Å². The summed E-state index contributed by atoms with van der Waals surface area (Å²) < 4.78 is 59.5. The van der Waals surface area contributed by atoms with Crippen LogP contribution >= 0.6 is 0 Å². The van der Waals surface area contributed by atoms with Crippen molar-refractivity contribution in [3.05, 3.63) is 93.0 Å². The van der Waals surface area contributed by atoms with Crippen molar-refractivity contribution < 1.29 is 46.6 Å². The van der Waals surface area contributed by atoms with Gasteiger partial charge in [-0.15, -0.1) is 0 Å². The number of phenolic OH excluding ortho intramolecular Hbond substituents is 1. The van der Waals surface area contributed by atoms with E-state index >= 15 is 8.78 Å². The lowest BCUT2D eigenvalue weighted by Gasteiger charge is -2.55. The summed E-state index contributed by atoms with van der Waals surface area (Å²) in [6, 6.07) is 7.77. The number of phenols is 1. The minimum Gasteiger partial charge on any atom is -0.508 e. The Balaban J connectivity index is 0.809. The van der Waals surface area contributed by atoms with E-state index < -0.39 is 66.4 Å². The zero-order valence-corrected chi connectivity index (χ0v) is 31.8. The number of halogens is 4. The van der Waals surface area contributed by atoms with Gasteiger partial charge < -0.3 is 14.9 Å². The Morgan fingerprint density at radius 2 is 1.55 bits per heavy atom. The fraction of sp³-hybridized carbons (Fsp3) is 0.452. The molecule has 3 fully saturated rings. The fourth-order valence-corrected chi connectivity index (χ4v) is 10.0. The number of imide groups is 2. The second-order valence-electron chi connectivity index (χ2n) is 16.7. The summed E-state index contributed by atoms with van der Waals surface area (Å²) in [5, 5.41) is 12.3. The molecule has 0 radical (unpaired) electrons. The maximum atomic E-state index is 16.0. The molecule has 16 heteroatoms. The minimum atomic E-state index is -2.71. The van der Waals surface area contributed by atoms with Crippen LogP contribution in [0, 0.1) is 17.0 Å². The van der Waals surface area contributed by atoms with Crippen LogP contribution in [-0.4, -0.2) is 112 Å². The SMILES string of the molecule is C[C@@H]1Cc2cc(O)ccc2[C@@H](c2c(F)cc(N3CC4(CCN(C(=O)CN5Cc6cc7c(cc6C5)C(=O)N(C5CCC(=O)NC5=O)C7=O)CC4)C3)cc2F)N1CC(F)F. The average Bonchev–Trinajstić information content (AvgIpc) is 3.65. The summed E-state index contributed by atoms with van der Waals surface area (Å²) in [6.07, 6.45) is -0.819. The molecule has 304 valence electrons. The Kier molecular flexibility index (Phi) is 9.34. The number of anilines is 1. The van der Waals surface area contributed by atoms with Crippen LogP contribution in [0.2, 0.25) is 0 Å². The molecular weight excluding hydrogens is 760 g/mol. The lowest BCUT2D eigenvalue weighted by Crippen LogP contribution is -2.61. The summed E-state index contributed by atoms with van der Waals surface area (Å²) in [4.78, 5) is 72.1. The van der Waals surface area contributed by atoms with Gasteiger partial charge in [-0.1, -0.05) is 6.07 Å². The molecule has 2 N–H and O–H groups in total. The molecule has 1 spiro atoms. The lowest BCUT2D eigenvalue weighted by atomic mass is 9.71. The van der Waals surface area contributed by atoms with Crippen molar-refractivity contribution >= 4 is 35.2 Å². The van der Waals surface area contributed by atoms with Gasteiger partial charge in [0, 0.05) is 68.4 Å². The number of piperidine rings is 2. The molecule has 6 aliphatic rings. The molecule has 58 heavy (non-hydrogen) atoms. The molecule has 6 heterocycles. The van der Waals surface area contributed by atoms with E-state index in [0.29, 0.717) is 75.3 Å². The zero-order chi connectivity index (χ0) is 40.8. The molecule has 1 unspecified atom stereocenters. The summed E-state index contributed by atoms with van der Waals surface area (Å²) in [5.41, 5.74) is 3.16. The first-order chi connectivity index (χ1) is 27.7. The number of fused-ring (bicyclic) bond motifs is 3. The number of amides is 5. The second kappa shape index (κ2) is 14.2. The van der Waals surface area contributed by atoms with Gasteiger partial charge in [0.15, 0.2) is 0 Å². The Morgan fingerprint density at radius 3 is 2.16 bits per heavy atom. The van der Waals surface area contributed by atoms with Gasteiger partial charge in [0.05, 0.1) is 30.3 Å². The van der Waals surface area contributed by atoms with Gasteiger partial charge in [0.2, 0.25) is 17.7 Å². The number of rotatable bonds is 7. The van der Waals surface area contributed by atoms with Crippen LogP contribution in [0.1, 0.15) is 87.2 Å². The number of aromatic hydroxyl groups is 1. The smallest absolute Gasteiger partial charge is 0.262 e. The number of nitrogens with zero attached hydrogens (tertiary/aromatic N) is 5. The Hall–Kier alpha value is -5.35. The predicted octanol–water partition coefficient (Wildman–Crippen LogP) is 4.12. The number of carbonyl (C=O) groups is 5. The van der Waals surface area contributed by atoms with E-state index in [1.54, 1.807) is 25.1 Å². The van der Waals surface area contributed by atoms with E-state index in [-0.39, 0.29) is 53.1 Å². The van der Waals surface area contributed by atoms with Crippen LogP contribution in [0.15, 0.2) is 42.5 Å².